The van der Waals surface area contributed by atoms with Crippen molar-refractivity contribution in [2.24, 2.45) is 5.92 Å². The second-order valence-electron chi connectivity index (χ2n) is 3.04. The summed E-state index contributed by atoms with van der Waals surface area (Å²) in [5.74, 6) is -0.744. The quantitative estimate of drug-likeness (QED) is 0.410. The largest absolute Gasteiger partial charge is 0.390 e. The lowest BCUT2D eigenvalue weighted by atomic mass is 9.83. The zero-order chi connectivity index (χ0) is 8.59. The van der Waals surface area contributed by atoms with Crippen molar-refractivity contribution >= 4 is 5.78 Å². The summed E-state index contributed by atoms with van der Waals surface area (Å²) in [5.41, 5.74) is 0. The van der Waals surface area contributed by atoms with Gasteiger partial charge in [0.1, 0.15) is 12.2 Å². The number of Topliss-reactive ketones (excluding diaryl/α,β-unsaturated/α-hetero) is 1. The van der Waals surface area contributed by atoms with E-state index in [0.717, 1.165) is 0 Å². The number of hydrogen-bond donors (Lipinski definition) is 3. The fourth-order valence-electron chi connectivity index (χ4n) is 1.29. The van der Waals surface area contributed by atoms with Gasteiger partial charge in [-0.3, -0.25) is 4.79 Å². The van der Waals surface area contributed by atoms with Gasteiger partial charge in [-0.2, -0.15) is 0 Å². The maximum absolute atomic E-state index is 11.0. The molecule has 0 aromatic heterocycles. The Morgan fingerprint density at radius 3 is 2.45 bits per heavy atom. The fraction of sp³-hybridized carbons (Fsp3) is 0.857. The molecule has 64 valence electrons. The molecule has 1 fully saturated rings. The van der Waals surface area contributed by atoms with Gasteiger partial charge in [0.2, 0.25) is 0 Å². The van der Waals surface area contributed by atoms with E-state index in [1.165, 1.54) is 0 Å². The predicted octanol–water partition coefficient (Wildman–Crippen LogP) is -1.32. The van der Waals surface area contributed by atoms with Crippen molar-refractivity contribution in [3.8, 4) is 0 Å². The molecule has 1 saturated carbocycles. The van der Waals surface area contributed by atoms with Gasteiger partial charge in [-0.15, -0.1) is 0 Å². The molecular formula is C7H12O4. The molecule has 1 rings (SSSR count). The Labute approximate surface area is 64.5 Å². The Balaban J connectivity index is 2.70. The van der Waals surface area contributed by atoms with Crippen LogP contribution in [-0.4, -0.2) is 39.4 Å². The van der Waals surface area contributed by atoms with Crippen LogP contribution < -0.4 is 0 Å². The minimum absolute atomic E-state index is 0.233. The van der Waals surface area contributed by atoms with Crippen molar-refractivity contribution in [3.63, 3.8) is 0 Å². The van der Waals surface area contributed by atoms with E-state index in [1.807, 2.05) is 0 Å². The number of aliphatic hydroxyl groups excluding tert-OH is 3. The molecule has 0 aromatic carbocycles. The van der Waals surface area contributed by atoms with Gasteiger partial charge in [0.15, 0.2) is 5.78 Å². The summed E-state index contributed by atoms with van der Waals surface area (Å²) >= 11 is 0. The number of ketones is 1. The Bertz CT molecular complexity index is 168. The minimum Gasteiger partial charge on any atom is -0.390 e. The predicted molar refractivity (Wildman–Crippen MR) is 36.8 cm³/mol. The van der Waals surface area contributed by atoms with Crippen molar-refractivity contribution in [2.75, 3.05) is 0 Å². The van der Waals surface area contributed by atoms with Crippen LogP contribution in [0.3, 0.4) is 0 Å². The molecule has 0 radical (unpaired) electrons. The molecule has 4 nitrogen and oxygen atoms in total. The number of carbonyl (C=O) groups is 1. The number of hydrogen-bond acceptors (Lipinski definition) is 4. The maximum atomic E-state index is 11.0. The van der Waals surface area contributed by atoms with Gasteiger partial charge < -0.3 is 15.3 Å². The second-order valence-corrected chi connectivity index (χ2v) is 3.04. The first kappa shape index (κ1) is 8.64. The normalized spacial score (nSPS) is 46.0. The molecule has 4 atom stereocenters. The van der Waals surface area contributed by atoms with E-state index in [4.69, 9.17) is 15.3 Å². The lowest BCUT2D eigenvalue weighted by Gasteiger charge is -2.30. The van der Waals surface area contributed by atoms with Crippen LogP contribution in [0.15, 0.2) is 0 Å². The highest BCUT2D eigenvalue weighted by Crippen LogP contribution is 2.21. The second kappa shape index (κ2) is 2.89. The first-order valence-corrected chi connectivity index (χ1v) is 3.62. The summed E-state index contributed by atoms with van der Waals surface area (Å²) in [6, 6.07) is 0. The third-order valence-electron chi connectivity index (χ3n) is 2.09. The number of carbonyl (C=O) groups excluding carboxylic acids is 1. The van der Waals surface area contributed by atoms with E-state index < -0.39 is 18.3 Å². The zero-order valence-corrected chi connectivity index (χ0v) is 6.27. The van der Waals surface area contributed by atoms with Crippen molar-refractivity contribution < 1.29 is 20.1 Å². The SMILES string of the molecule is C[C@@H]1C[C@@H](O)[C@H](O)[C@@H](O)C1=O. The van der Waals surface area contributed by atoms with E-state index in [-0.39, 0.29) is 18.1 Å². The van der Waals surface area contributed by atoms with Crippen LogP contribution in [0.5, 0.6) is 0 Å². The van der Waals surface area contributed by atoms with Crippen LogP contribution in [0.25, 0.3) is 0 Å². The van der Waals surface area contributed by atoms with E-state index in [2.05, 4.69) is 0 Å². The van der Waals surface area contributed by atoms with Gasteiger partial charge in [-0.1, -0.05) is 6.92 Å². The summed E-state index contributed by atoms with van der Waals surface area (Å²) in [4.78, 5) is 11.0. The average Bonchev–Trinajstić information content (AvgIpc) is 1.97. The van der Waals surface area contributed by atoms with Gasteiger partial charge in [0.05, 0.1) is 6.10 Å². The summed E-state index contributed by atoms with van der Waals surface area (Å²) in [6.07, 6.45) is -3.46. The Hall–Kier alpha value is -0.450. The molecule has 0 saturated heterocycles. The van der Waals surface area contributed by atoms with Gasteiger partial charge in [-0.05, 0) is 6.42 Å². The third-order valence-corrected chi connectivity index (χ3v) is 2.09. The Morgan fingerprint density at radius 2 is 1.91 bits per heavy atom. The van der Waals surface area contributed by atoms with Crippen LogP contribution >= 0.6 is 0 Å². The van der Waals surface area contributed by atoms with Crippen molar-refractivity contribution in [3.05, 3.63) is 0 Å². The monoisotopic (exact) mass is 160 g/mol. The molecule has 0 spiro atoms. The fourth-order valence-corrected chi connectivity index (χ4v) is 1.29. The van der Waals surface area contributed by atoms with Gasteiger partial charge in [-0.25, -0.2) is 0 Å². The summed E-state index contributed by atoms with van der Waals surface area (Å²) in [6.45, 7) is 1.63. The highest BCUT2D eigenvalue weighted by molar-refractivity contribution is 5.86. The third kappa shape index (κ3) is 1.42. The van der Waals surface area contributed by atoms with Crippen LogP contribution in [-0.2, 0) is 4.79 Å². The van der Waals surface area contributed by atoms with Crippen LogP contribution in [0, 0.1) is 5.92 Å². The molecule has 4 heteroatoms. The van der Waals surface area contributed by atoms with Crippen molar-refractivity contribution in [2.45, 2.75) is 31.7 Å². The highest BCUT2D eigenvalue weighted by Gasteiger charge is 2.39. The van der Waals surface area contributed by atoms with E-state index >= 15 is 0 Å². The van der Waals surface area contributed by atoms with Crippen LogP contribution in [0.1, 0.15) is 13.3 Å². The summed E-state index contributed by atoms with van der Waals surface area (Å²) < 4.78 is 0. The van der Waals surface area contributed by atoms with Gasteiger partial charge >= 0.3 is 0 Å². The van der Waals surface area contributed by atoms with E-state index in [9.17, 15) is 4.79 Å². The number of aliphatic hydroxyl groups is 3. The van der Waals surface area contributed by atoms with E-state index in [1.54, 1.807) is 6.92 Å². The lowest BCUT2D eigenvalue weighted by molar-refractivity contribution is -0.152. The van der Waals surface area contributed by atoms with Gasteiger partial charge in [0, 0.05) is 5.92 Å². The zero-order valence-electron chi connectivity index (χ0n) is 6.27. The molecule has 11 heavy (non-hydrogen) atoms. The van der Waals surface area contributed by atoms with Crippen molar-refractivity contribution in [1.29, 1.82) is 0 Å². The standard InChI is InChI=1S/C7H12O4/c1-3-2-4(8)6(10)7(11)5(3)9/h3-4,6-8,10-11H,2H2,1H3/t3-,4-,6+,7+/m1/s1. The Kier molecular flexibility index (Phi) is 2.27. The topological polar surface area (TPSA) is 77.8 Å². The number of rotatable bonds is 0. The smallest absolute Gasteiger partial charge is 0.166 e. The Morgan fingerprint density at radius 1 is 1.36 bits per heavy atom. The van der Waals surface area contributed by atoms with Crippen LogP contribution in [0.2, 0.25) is 0 Å². The molecule has 0 bridgehead atoms. The average molecular weight is 160 g/mol. The molecular weight excluding hydrogens is 148 g/mol. The summed E-state index contributed by atoms with van der Waals surface area (Å²) in [5, 5.41) is 27.1. The van der Waals surface area contributed by atoms with E-state index in [0.29, 0.717) is 0 Å². The van der Waals surface area contributed by atoms with Gasteiger partial charge in [0.25, 0.3) is 0 Å². The molecule has 0 unspecified atom stereocenters. The van der Waals surface area contributed by atoms with Crippen molar-refractivity contribution in [1.82, 2.24) is 0 Å². The highest BCUT2D eigenvalue weighted by atomic mass is 16.4. The molecule has 1 aliphatic carbocycles. The minimum atomic E-state index is -1.41. The molecule has 3 N–H and O–H groups in total. The first-order chi connectivity index (χ1) is 5.04. The summed E-state index contributed by atoms with van der Waals surface area (Å²) in [7, 11) is 0. The molecule has 0 aliphatic heterocycles. The molecule has 0 aromatic rings. The molecule has 0 amide bonds. The lowest BCUT2D eigenvalue weighted by Crippen LogP contribution is -2.50. The maximum Gasteiger partial charge on any atom is 0.166 e. The first-order valence-electron chi connectivity index (χ1n) is 3.62. The van der Waals surface area contributed by atoms with Crippen LogP contribution in [0.4, 0.5) is 0 Å². The molecule has 1 aliphatic rings. The molecule has 0 heterocycles.